The van der Waals surface area contributed by atoms with Gasteiger partial charge in [0.2, 0.25) is 0 Å². The minimum atomic E-state index is -0.146. The summed E-state index contributed by atoms with van der Waals surface area (Å²) in [6.07, 6.45) is 6.09. The van der Waals surface area contributed by atoms with Crippen molar-refractivity contribution in [2.24, 2.45) is 0 Å². The normalized spacial score (nSPS) is 36.7. The first-order chi connectivity index (χ1) is 8.77. The Balaban J connectivity index is 1.64. The minimum absolute atomic E-state index is 0.0110. The van der Waals surface area contributed by atoms with E-state index in [-0.39, 0.29) is 11.7 Å². The van der Waals surface area contributed by atoms with Gasteiger partial charge < -0.3 is 9.84 Å². The fraction of sp³-hybridized carbons (Fsp3) is 0.625. The Morgan fingerprint density at radius 2 is 1.78 bits per heavy atom. The summed E-state index contributed by atoms with van der Waals surface area (Å²) >= 11 is 0. The molecule has 0 aromatic heterocycles. The van der Waals surface area contributed by atoms with Crippen molar-refractivity contribution in [3.05, 3.63) is 35.9 Å². The van der Waals surface area contributed by atoms with Crippen LogP contribution in [0.4, 0.5) is 0 Å². The molecule has 1 aliphatic carbocycles. The van der Waals surface area contributed by atoms with E-state index in [9.17, 15) is 5.11 Å². The van der Waals surface area contributed by atoms with Crippen LogP contribution in [0.25, 0.3) is 0 Å². The summed E-state index contributed by atoms with van der Waals surface area (Å²) in [6, 6.07) is 10.8. The first-order valence-electron chi connectivity index (χ1n) is 7.14. The van der Waals surface area contributed by atoms with Crippen molar-refractivity contribution < 1.29 is 9.84 Å². The number of aliphatic hydroxyl groups excluding tert-OH is 1. The Kier molecular flexibility index (Phi) is 3.40. The van der Waals surface area contributed by atoms with E-state index in [1.165, 1.54) is 18.4 Å². The molecule has 1 N–H and O–H groups in total. The number of hydrogen-bond donors (Lipinski definition) is 1. The second kappa shape index (κ2) is 5.02. The summed E-state index contributed by atoms with van der Waals surface area (Å²) in [6.45, 7) is 0.733. The van der Waals surface area contributed by atoms with Crippen LogP contribution in [-0.2, 0) is 4.74 Å². The van der Waals surface area contributed by atoms with Gasteiger partial charge in [0.1, 0.15) is 0 Å². The summed E-state index contributed by atoms with van der Waals surface area (Å²) in [5.41, 5.74) is 1.45. The average molecular weight is 246 g/mol. The van der Waals surface area contributed by atoms with Gasteiger partial charge >= 0.3 is 0 Å². The highest BCUT2D eigenvalue weighted by Gasteiger charge is 2.40. The lowest BCUT2D eigenvalue weighted by Gasteiger charge is -2.44. The number of aliphatic hydroxyl groups is 1. The predicted molar refractivity (Wildman–Crippen MR) is 71.6 cm³/mol. The first-order valence-corrected chi connectivity index (χ1v) is 7.14. The van der Waals surface area contributed by atoms with Gasteiger partial charge in [0.05, 0.1) is 11.7 Å². The van der Waals surface area contributed by atoms with Crippen LogP contribution in [0.5, 0.6) is 0 Å². The van der Waals surface area contributed by atoms with Gasteiger partial charge in [-0.15, -0.1) is 0 Å². The highest BCUT2D eigenvalue weighted by atomic mass is 16.5. The van der Waals surface area contributed by atoms with Gasteiger partial charge in [0, 0.05) is 13.0 Å². The van der Waals surface area contributed by atoms with Crippen molar-refractivity contribution in [1.29, 1.82) is 0 Å². The molecule has 98 valence electrons. The number of hydrogen-bond acceptors (Lipinski definition) is 2. The van der Waals surface area contributed by atoms with Gasteiger partial charge in [-0.1, -0.05) is 30.3 Å². The van der Waals surface area contributed by atoms with E-state index in [0.717, 1.165) is 32.3 Å². The Morgan fingerprint density at radius 1 is 1.06 bits per heavy atom. The zero-order valence-electron chi connectivity index (χ0n) is 10.8. The lowest BCUT2D eigenvalue weighted by molar-refractivity contribution is -0.136. The molecule has 1 atom stereocenters. The van der Waals surface area contributed by atoms with Crippen molar-refractivity contribution in [2.45, 2.75) is 56.1 Å². The largest absolute Gasteiger partial charge is 0.393 e. The zero-order valence-corrected chi connectivity index (χ0v) is 10.8. The van der Waals surface area contributed by atoms with Crippen molar-refractivity contribution >= 4 is 0 Å². The highest BCUT2D eigenvalue weighted by molar-refractivity contribution is 5.20. The molecular weight excluding hydrogens is 224 g/mol. The SMILES string of the molecule is OC1CCOC2(CCC(c3ccccc3)CC2)C1. The Morgan fingerprint density at radius 3 is 2.44 bits per heavy atom. The molecule has 1 unspecified atom stereocenters. The van der Waals surface area contributed by atoms with E-state index >= 15 is 0 Å². The summed E-state index contributed by atoms with van der Waals surface area (Å²) < 4.78 is 6.00. The molecule has 2 aliphatic rings. The van der Waals surface area contributed by atoms with Crippen molar-refractivity contribution in [2.75, 3.05) is 6.61 Å². The van der Waals surface area contributed by atoms with Crippen LogP contribution in [0.1, 0.15) is 50.0 Å². The van der Waals surface area contributed by atoms with Crippen molar-refractivity contribution in [3.8, 4) is 0 Å². The van der Waals surface area contributed by atoms with Gasteiger partial charge in [-0.25, -0.2) is 0 Å². The van der Waals surface area contributed by atoms with Crippen LogP contribution in [0.3, 0.4) is 0 Å². The van der Waals surface area contributed by atoms with E-state index in [1.54, 1.807) is 0 Å². The summed E-state index contributed by atoms with van der Waals surface area (Å²) in [5, 5.41) is 9.83. The molecule has 1 heterocycles. The fourth-order valence-electron chi connectivity index (χ4n) is 3.55. The fourth-order valence-corrected chi connectivity index (χ4v) is 3.55. The van der Waals surface area contributed by atoms with Gasteiger partial charge in [0.15, 0.2) is 0 Å². The molecule has 3 rings (SSSR count). The quantitative estimate of drug-likeness (QED) is 0.824. The Labute approximate surface area is 109 Å². The lowest BCUT2D eigenvalue weighted by atomic mass is 9.73. The molecule has 1 aromatic carbocycles. The monoisotopic (exact) mass is 246 g/mol. The van der Waals surface area contributed by atoms with Gasteiger partial charge in [-0.2, -0.15) is 0 Å². The van der Waals surface area contributed by atoms with Crippen LogP contribution in [0, 0.1) is 0 Å². The van der Waals surface area contributed by atoms with Crippen LogP contribution in [0.15, 0.2) is 30.3 Å². The third-order valence-corrected chi connectivity index (χ3v) is 4.63. The minimum Gasteiger partial charge on any atom is -0.393 e. The molecule has 0 radical (unpaired) electrons. The maximum Gasteiger partial charge on any atom is 0.0707 e. The summed E-state index contributed by atoms with van der Waals surface area (Å²) in [4.78, 5) is 0. The molecule has 1 aromatic rings. The molecule has 2 nitrogen and oxygen atoms in total. The maximum absolute atomic E-state index is 9.83. The lowest BCUT2D eigenvalue weighted by Crippen LogP contribution is -2.44. The van der Waals surface area contributed by atoms with E-state index in [4.69, 9.17) is 4.74 Å². The standard InChI is InChI=1S/C16H22O2/c17-15-8-11-18-16(12-15)9-6-14(7-10-16)13-4-2-1-3-5-13/h1-5,14-15,17H,6-12H2. The molecule has 1 saturated carbocycles. The average Bonchev–Trinajstić information content (AvgIpc) is 2.40. The van der Waals surface area contributed by atoms with Crippen LogP contribution in [0.2, 0.25) is 0 Å². The molecule has 0 bridgehead atoms. The first kappa shape index (κ1) is 12.2. The van der Waals surface area contributed by atoms with E-state index in [2.05, 4.69) is 30.3 Å². The predicted octanol–water partition coefficient (Wildman–Crippen LogP) is 3.25. The second-order valence-corrected chi connectivity index (χ2v) is 5.86. The molecule has 1 aliphatic heterocycles. The second-order valence-electron chi connectivity index (χ2n) is 5.86. The molecule has 0 amide bonds. The summed E-state index contributed by atoms with van der Waals surface area (Å²) in [5.74, 6) is 0.680. The van der Waals surface area contributed by atoms with Gasteiger partial charge in [-0.3, -0.25) is 0 Å². The van der Waals surface area contributed by atoms with Gasteiger partial charge in [0.25, 0.3) is 0 Å². The molecular formula is C16H22O2. The molecule has 2 heteroatoms. The van der Waals surface area contributed by atoms with E-state index in [0.29, 0.717) is 5.92 Å². The third kappa shape index (κ3) is 2.45. The van der Waals surface area contributed by atoms with Crippen LogP contribution >= 0.6 is 0 Å². The number of benzene rings is 1. The van der Waals surface area contributed by atoms with E-state index in [1.807, 2.05) is 0 Å². The van der Waals surface area contributed by atoms with E-state index < -0.39 is 0 Å². The molecule has 18 heavy (non-hydrogen) atoms. The molecule has 1 spiro atoms. The number of ether oxygens (including phenoxy) is 1. The summed E-state index contributed by atoms with van der Waals surface area (Å²) in [7, 11) is 0. The smallest absolute Gasteiger partial charge is 0.0707 e. The topological polar surface area (TPSA) is 29.5 Å². The number of rotatable bonds is 1. The van der Waals surface area contributed by atoms with Crippen molar-refractivity contribution in [3.63, 3.8) is 0 Å². The van der Waals surface area contributed by atoms with Crippen molar-refractivity contribution in [1.82, 2.24) is 0 Å². The van der Waals surface area contributed by atoms with Crippen LogP contribution < -0.4 is 0 Å². The van der Waals surface area contributed by atoms with Gasteiger partial charge in [-0.05, 0) is 43.6 Å². The van der Waals surface area contributed by atoms with Crippen LogP contribution in [-0.4, -0.2) is 23.4 Å². The zero-order chi connectivity index (χ0) is 12.4. The third-order valence-electron chi connectivity index (χ3n) is 4.63. The highest BCUT2D eigenvalue weighted by Crippen LogP contribution is 2.43. The Bertz CT molecular complexity index is 379. The Hall–Kier alpha value is -0.860. The maximum atomic E-state index is 9.83. The molecule has 2 fully saturated rings. The molecule has 1 saturated heterocycles.